The number of aromatic nitrogens is 4. The summed E-state index contributed by atoms with van der Waals surface area (Å²) in [4.78, 5) is 34.7. The number of rotatable bonds is 4. The van der Waals surface area contributed by atoms with E-state index in [9.17, 15) is 9.59 Å². The molecule has 5 aromatic rings. The van der Waals surface area contributed by atoms with Crippen LogP contribution in [0.3, 0.4) is 0 Å². The van der Waals surface area contributed by atoms with Crippen molar-refractivity contribution < 1.29 is 4.79 Å². The molecule has 0 fully saturated rings. The van der Waals surface area contributed by atoms with Gasteiger partial charge in [-0.3, -0.25) is 18.6 Å². The van der Waals surface area contributed by atoms with E-state index < -0.39 is 0 Å². The first-order valence-corrected chi connectivity index (χ1v) is 9.89. The van der Waals surface area contributed by atoms with Gasteiger partial charge in [-0.05, 0) is 30.7 Å². The number of para-hydroxylation sites is 1. The normalized spacial score (nSPS) is 11.1. The molecule has 0 aliphatic rings. The first-order chi connectivity index (χ1) is 15.1. The van der Waals surface area contributed by atoms with Crippen LogP contribution in [-0.4, -0.2) is 24.8 Å². The van der Waals surface area contributed by atoms with Gasteiger partial charge in [0, 0.05) is 11.8 Å². The van der Waals surface area contributed by atoms with Crippen LogP contribution in [0.4, 0.5) is 5.82 Å². The standard InChI is InChI=1S/C24H19N5O2/c1-16-8-7-13-29-22(16)27-21(17-9-3-2-4-10-17)23(29)26-20(30)14-28-15-25-19-12-6-5-11-18(19)24(28)31/h2-13,15H,14H2,1H3,(H,26,30). The Kier molecular flexibility index (Phi) is 4.55. The highest BCUT2D eigenvalue weighted by Crippen LogP contribution is 2.29. The molecule has 7 nitrogen and oxygen atoms in total. The van der Waals surface area contributed by atoms with Crippen molar-refractivity contribution in [1.82, 2.24) is 18.9 Å². The number of hydrogen-bond donors (Lipinski definition) is 1. The lowest BCUT2D eigenvalue weighted by Gasteiger charge is -2.10. The molecule has 0 aliphatic carbocycles. The monoisotopic (exact) mass is 409 g/mol. The lowest BCUT2D eigenvalue weighted by atomic mass is 10.1. The maximum absolute atomic E-state index is 12.9. The van der Waals surface area contributed by atoms with E-state index in [1.807, 2.05) is 66.1 Å². The Balaban J connectivity index is 1.53. The quantitative estimate of drug-likeness (QED) is 0.491. The molecule has 0 spiro atoms. The highest BCUT2D eigenvalue weighted by atomic mass is 16.2. The van der Waals surface area contributed by atoms with Crippen LogP contribution in [0, 0.1) is 6.92 Å². The lowest BCUT2D eigenvalue weighted by molar-refractivity contribution is -0.116. The molecule has 3 heterocycles. The van der Waals surface area contributed by atoms with E-state index >= 15 is 0 Å². The average molecular weight is 409 g/mol. The largest absolute Gasteiger partial charge is 0.308 e. The zero-order valence-electron chi connectivity index (χ0n) is 16.8. The number of nitrogens with one attached hydrogen (secondary N) is 1. The Morgan fingerprint density at radius 1 is 1.00 bits per heavy atom. The Morgan fingerprint density at radius 2 is 1.77 bits per heavy atom. The fourth-order valence-corrected chi connectivity index (χ4v) is 3.67. The minimum Gasteiger partial charge on any atom is -0.308 e. The van der Waals surface area contributed by atoms with Gasteiger partial charge in [-0.15, -0.1) is 0 Å². The van der Waals surface area contributed by atoms with E-state index in [4.69, 9.17) is 4.98 Å². The molecule has 2 aromatic carbocycles. The Labute approximate surface area is 177 Å². The number of hydrogen-bond acceptors (Lipinski definition) is 4. The number of benzene rings is 2. The molecule has 0 radical (unpaired) electrons. The molecular weight excluding hydrogens is 390 g/mol. The molecule has 5 rings (SSSR count). The molecule has 1 N–H and O–H groups in total. The van der Waals surface area contributed by atoms with Crippen LogP contribution in [0.15, 0.2) is 84.0 Å². The third kappa shape index (κ3) is 3.36. The van der Waals surface area contributed by atoms with Crippen LogP contribution in [0.5, 0.6) is 0 Å². The van der Waals surface area contributed by atoms with E-state index in [1.165, 1.54) is 10.9 Å². The number of aryl methyl sites for hydroxylation is 1. The summed E-state index contributed by atoms with van der Waals surface area (Å²) < 4.78 is 3.17. The fraction of sp³-hybridized carbons (Fsp3) is 0.0833. The molecule has 0 saturated carbocycles. The number of pyridine rings is 1. The number of carbonyl (C=O) groups is 1. The summed E-state index contributed by atoms with van der Waals surface area (Å²) in [5.74, 6) is 0.233. The smallest absolute Gasteiger partial charge is 0.261 e. The second kappa shape index (κ2) is 7.53. The van der Waals surface area contributed by atoms with E-state index in [2.05, 4.69) is 10.3 Å². The zero-order chi connectivity index (χ0) is 21.4. The summed E-state index contributed by atoms with van der Waals surface area (Å²) >= 11 is 0. The maximum atomic E-state index is 12.9. The van der Waals surface area contributed by atoms with Crippen molar-refractivity contribution in [2.75, 3.05) is 5.32 Å². The number of nitrogens with zero attached hydrogens (tertiary/aromatic N) is 4. The number of amides is 1. The van der Waals surface area contributed by atoms with Gasteiger partial charge in [-0.2, -0.15) is 0 Å². The van der Waals surface area contributed by atoms with Gasteiger partial charge < -0.3 is 5.32 Å². The second-order valence-electron chi connectivity index (χ2n) is 7.30. The minimum absolute atomic E-state index is 0.149. The van der Waals surface area contributed by atoms with E-state index in [1.54, 1.807) is 18.2 Å². The van der Waals surface area contributed by atoms with Gasteiger partial charge in [0.05, 0.1) is 17.2 Å². The molecule has 0 aliphatic heterocycles. The minimum atomic E-state index is -0.334. The summed E-state index contributed by atoms with van der Waals surface area (Å²) in [7, 11) is 0. The van der Waals surface area contributed by atoms with Gasteiger partial charge in [0.15, 0.2) is 0 Å². The predicted molar refractivity (Wildman–Crippen MR) is 120 cm³/mol. The predicted octanol–water partition coefficient (Wildman–Crippen LogP) is 3.66. The first-order valence-electron chi connectivity index (χ1n) is 9.89. The molecule has 0 atom stereocenters. The van der Waals surface area contributed by atoms with E-state index in [-0.39, 0.29) is 18.0 Å². The number of fused-ring (bicyclic) bond motifs is 2. The molecule has 0 unspecified atom stereocenters. The van der Waals surface area contributed by atoms with Crippen LogP contribution in [0.2, 0.25) is 0 Å². The lowest BCUT2D eigenvalue weighted by Crippen LogP contribution is -2.28. The van der Waals surface area contributed by atoms with Crippen molar-refractivity contribution in [2.24, 2.45) is 0 Å². The van der Waals surface area contributed by atoms with Crippen LogP contribution < -0.4 is 10.9 Å². The molecule has 152 valence electrons. The van der Waals surface area contributed by atoms with Crippen LogP contribution >= 0.6 is 0 Å². The van der Waals surface area contributed by atoms with Crippen LogP contribution in [0.1, 0.15) is 5.56 Å². The second-order valence-corrected chi connectivity index (χ2v) is 7.30. The summed E-state index contributed by atoms with van der Waals surface area (Å²) in [6, 6.07) is 20.7. The number of carbonyl (C=O) groups excluding carboxylic acids is 1. The maximum Gasteiger partial charge on any atom is 0.261 e. The Bertz CT molecular complexity index is 1480. The van der Waals surface area contributed by atoms with Gasteiger partial charge in [0.1, 0.15) is 23.7 Å². The molecule has 0 saturated heterocycles. The summed E-state index contributed by atoms with van der Waals surface area (Å²) in [6.45, 7) is 1.83. The SMILES string of the molecule is Cc1cccn2c(NC(=O)Cn3cnc4ccccc4c3=O)c(-c3ccccc3)nc12. The van der Waals surface area contributed by atoms with Crippen molar-refractivity contribution in [3.8, 4) is 11.3 Å². The topological polar surface area (TPSA) is 81.3 Å². The molecule has 0 bridgehead atoms. The molecular formula is C24H19N5O2. The van der Waals surface area contributed by atoms with Gasteiger partial charge in [-0.25, -0.2) is 9.97 Å². The summed E-state index contributed by atoms with van der Waals surface area (Å²) in [5.41, 5.74) is 3.68. The first kappa shape index (κ1) is 18.7. The van der Waals surface area contributed by atoms with Crippen molar-refractivity contribution >= 4 is 28.3 Å². The van der Waals surface area contributed by atoms with Gasteiger partial charge in [0.25, 0.3) is 5.56 Å². The molecule has 7 heteroatoms. The summed E-state index contributed by atoms with van der Waals surface area (Å²) in [5, 5.41) is 3.44. The van der Waals surface area contributed by atoms with E-state index in [0.717, 1.165) is 16.8 Å². The van der Waals surface area contributed by atoms with Crippen LogP contribution in [-0.2, 0) is 11.3 Å². The third-order valence-electron chi connectivity index (χ3n) is 5.20. The van der Waals surface area contributed by atoms with Gasteiger partial charge in [0.2, 0.25) is 5.91 Å². The summed E-state index contributed by atoms with van der Waals surface area (Å²) in [6.07, 6.45) is 3.27. The van der Waals surface area contributed by atoms with Crippen molar-refractivity contribution in [3.63, 3.8) is 0 Å². The third-order valence-corrected chi connectivity index (χ3v) is 5.20. The Hall–Kier alpha value is -4.26. The van der Waals surface area contributed by atoms with Crippen LogP contribution in [0.25, 0.3) is 27.8 Å². The van der Waals surface area contributed by atoms with Gasteiger partial charge >= 0.3 is 0 Å². The van der Waals surface area contributed by atoms with Gasteiger partial charge in [-0.1, -0.05) is 48.5 Å². The fourth-order valence-electron chi connectivity index (χ4n) is 3.67. The molecule has 3 aromatic heterocycles. The average Bonchev–Trinajstić information content (AvgIpc) is 3.16. The van der Waals surface area contributed by atoms with E-state index in [0.29, 0.717) is 22.4 Å². The van der Waals surface area contributed by atoms with Crippen molar-refractivity contribution in [1.29, 1.82) is 0 Å². The molecule has 1 amide bonds. The Morgan fingerprint density at radius 3 is 2.61 bits per heavy atom. The highest BCUT2D eigenvalue weighted by Gasteiger charge is 2.18. The molecule has 31 heavy (non-hydrogen) atoms. The number of imidazole rings is 1. The van der Waals surface area contributed by atoms with Crippen molar-refractivity contribution in [3.05, 3.63) is 95.2 Å². The van der Waals surface area contributed by atoms with Crippen molar-refractivity contribution in [2.45, 2.75) is 13.5 Å². The highest BCUT2D eigenvalue weighted by molar-refractivity contribution is 5.94. The number of anilines is 1. The zero-order valence-corrected chi connectivity index (χ0v) is 16.8.